The van der Waals surface area contributed by atoms with Gasteiger partial charge in [0.2, 0.25) is 5.88 Å². The first-order valence-electron chi connectivity index (χ1n) is 15.7. The summed E-state index contributed by atoms with van der Waals surface area (Å²) in [6.45, 7) is 0.487. The molecule has 3 aromatic carbocycles. The van der Waals surface area contributed by atoms with Gasteiger partial charge in [0.25, 0.3) is 5.91 Å². The number of fused-ring (bicyclic) bond motifs is 1. The molecule has 2 heterocycles. The van der Waals surface area contributed by atoms with E-state index in [1.165, 1.54) is 30.1 Å². The Kier molecular flexibility index (Phi) is 8.55. The van der Waals surface area contributed by atoms with Crippen molar-refractivity contribution in [2.45, 2.75) is 56.9 Å². The lowest BCUT2D eigenvalue weighted by molar-refractivity contribution is 0.0984. The highest BCUT2D eigenvalue weighted by molar-refractivity contribution is 7.98. The van der Waals surface area contributed by atoms with Crippen LogP contribution in [0.5, 0.6) is 5.88 Å². The summed E-state index contributed by atoms with van der Waals surface area (Å²) in [6, 6.07) is 23.9. The third-order valence-corrected chi connectivity index (χ3v) is 9.92. The summed E-state index contributed by atoms with van der Waals surface area (Å²) >= 11 is 1.46. The monoisotopic (exact) mass is 660 g/mol. The Balaban J connectivity index is 1.12. The highest BCUT2D eigenvalue weighted by atomic mass is 32.2. The summed E-state index contributed by atoms with van der Waals surface area (Å²) in [4.78, 5) is 22.2. The second-order valence-electron chi connectivity index (χ2n) is 12.5. The molecular weight excluding hydrogens is 631 g/mol. The van der Waals surface area contributed by atoms with E-state index in [0.29, 0.717) is 51.9 Å². The number of carbonyl (C=O) groups is 1. The maximum Gasteiger partial charge on any atom is 0.261 e. The van der Waals surface area contributed by atoms with E-state index in [1.54, 1.807) is 36.4 Å². The van der Waals surface area contributed by atoms with Crippen LogP contribution in [0.2, 0.25) is 0 Å². The van der Waals surface area contributed by atoms with E-state index in [-0.39, 0.29) is 41.4 Å². The number of hydrogen-bond acceptors (Lipinski definition) is 7. The van der Waals surface area contributed by atoms with Crippen molar-refractivity contribution >= 4 is 28.9 Å². The molecule has 5 aromatic rings. The van der Waals surface area contributed by atoms with Crippen molar-refractivity contribution in [3.63, 3.8) is 0 Å². The molecule has 240 valence electrons. The van der Waals surface area contributed by atoms with Gasteiger partial charge >= 0.3 is 0 Å². The zero-order valence-electron chi connectivity index (χ0n) is 25.9. The van der Waals surface area contributed by atoms with E-state index < -0.39 is 11.6 Å². The number of nitrogens with zero attached hydrogens (tertiary/aromatic N) is 5. The molecule has 0 spiro atoms. The number of rotatable bonds is 12. The average Bonchev–Trinajstić information content (AvgIpc) is 4.03. The minimum absolute atomic E-state index is 0.0798. The van der Waals surface area contributed by atoms with E-state index in [2.05, 4.69) is 20.3 Å². The van der Waals surface area contributed by atoms with Crippen LogP contribution in [-0.4, -0.2) is 25.7 Å². The molecule has 48 heavy (non-hydrogen) atoms. The van der Waals surface area contributed by atoms with Crippen LogP contribution >= 0.6 is 11.9 Å². The van der Waals surface area contributed by atoms with Crippen LogP contribution in [0, 0.1) is 39.7 Å². The van der Waals surface area contributed by atoms with Gasteiger partial charge in [-0.3, -0.25) is 9.52 Å². The number of nitrogens with one attached hydrogen (secondary N) is 1. The summed E-state index contributed by atoms with van der Waals surface area (Å²) in [7, 11) is 0. The van der Waals surface area contributed by atoms with Crippen molar-refractivity contribution in [1.82, 2.24) is 19.3 Å². The van der Waals surface area contributed by atoms with Gasteiger partial charge in [-0.05, 0) is 85.7 Å². The van der Waals surface area contributed by atoms with Crippen molar-refractivity contribution in [3.8, 4) is 29.3 Å². The quantitative estimate of drug-likeness (QED) is 0.137. The number of aromatic nitrogens is 3. The number of carbonyl (C=O) groups excluding carboxylic acids is 1. The SMILES string of the molecule is N#CCC1(Cn2c(Cc3ccc(-c4cccc(OCc5ccc(C#N)cc5F)n4)cc3F)nc3ccc(C(=O)NSC4CC4)cc32)CC1. The highest BCUT2D eigenvalue weighted by Gasteiger charge is 2.43. The Hall–Kier alpha value is -5.26. The Morgan fingerprint density at radius 1 is 1.00 bits per heavy atom. The fraction of sp³-hybridized carbons (Fsp3) is 0.270. The summed E-state index contributed by atoms with van der Waals surface area (Å²) < 4.78 is 40.7. The van der Waals surface area contributed by atoms with Crippen molar-refractivity contribution in [1.29, 1.82) is 10.5 Å². The number of ether oxygens (including phenoxy) is 1. The molecule has 0 unspecified atom stereocenters. The van der Waals surface area contributed by atoms with Crippen LogP contribution in [0.15, 0.2) is 72.8 Å². The van der Waals surface area contributed by atoms with E-state index in [1.807, 2.05) is 18.2 Å². The maximum atomic E-state index is 15.7. The number of nitriles is 2. The second kappa shape index (κ2) is 13.1. The van der Waals surface area contributed by atoms with Gasteiger partial charge in [-0.15, -0.1) is 0 Å². The average molecular weight is 661 g/mol. The standard InChI is InChI=1S/C37H30F2N6O2S/c38-29-16-23(20-41)4-5-27(29)21-47-35-3-1-2-31(43-35)25-7-6-24(30(39)17-25)19-34-42-32-11-8-26(36(46)44-48-28-9-10-28)18-33(32)45(34)22-37(12-13-37)14-15-40/h1-8,11,16-18,28H,9-10,12-14,19,21-22H2,(H,44,46). The van der Waals surface area contributed by atoms with Gasteiger partial charge in [0, 0.05) is 52.8 Å². The smallest absolute Gasteiger partial charge is 0.261 e. The molecule has 0 bridgehead atoms. The number of hydrogen-bond donors (Lipinski definition) is 1. The molecule has 2 aliphatic carbocycles. The van der Waals surface area contributed by atoms with E-state index in [4.69, 9.17) is 15.0 Å². The lowest BCUT2D eigenvalue weighted by Gasteiger charge is -2.16. The molecule has 0 aliphatic heterocycles. The topological polar surface area (TPSA) is 117 Å². The minimum Gasteiger partial charge on any atom is -0.473 e. The van der Waals surface area contributed by atoms with Crippen LogP contribution in [0.4, 0.5) is 8.78 Å². The van der Waals surface area contributed by atoms with Gasteiger partial charge in [0.05, 0.1) is 34.4 Å². The lowest BCUT2D eigenvalue weighted by atomic mass is 10.0. The van der Waals surface area contributed by atoms with Gasteiger partial charge in [0.15, 0.2) is 0 Å². The molecular formula is C37H30F2N6O2S. The predicted molar refractivity (Wildman–Crippen MR) is 178 cm³/mol. The normalized spacial score (nSPS) is 14.7. The van der Waals surface area contributed by atoms with Gasteiger partial charge in [-0.25, -0.2) is 18.7 Å². The van der Waals surface area contributed by atoms with E-state index >= 15 is 4.39 Å². The van der Waals surface area contributed by atoms with Crippen LogP contribution in [0.25, 0.3) is 22.3 Å². The number of halogens is 2. The molecule has 0 radical (unpaired) electrons. The molecule has 7 rings (SSSR count). The molecule has 2 saturated carbocycles. The zero-order valence-corrected chi connectivity index (χ0v) is 26.7. The minimum atomic E-state index is -0.539. The first kappa shape index (κ1) is 31.3. The third kappa shape index (κ3) is 6.87. The fourth-order valence-electron chi connectivity index (χ4n) is 5.64. The fourth-order valence-corrected chi connectivity index (χ4v) is 6.40. The molecule has 2 aliphatic rings. The number of imidazole rings is 1. The van der Waals surface area contributed by atoms with Gasteiger partial charge < -0.3 is 9.30 Å². The van der Waals surface area contributed by atoms with E-state index in [0.717, 1.165) is 37.3 Å². The summed E-state index contributed by atoms with van der Waals surface area (Å²) in [5.41, 5.74) is 3.88. The van der Waals surface area contributed by atoms with Gasteiger partial charge in [-0.1, -0.05) is 24.3 Å². The van der Waals surface area contributed by atoms with Crippen LogP contribution in [0.1, 0.15) is 65.0 Å². The predicted octanol–water partition coefficient (Wildman–Crippen LogP) is 7.65. The molecule has 11 heteroatoms. The Morgan fingerprint density at radius 3 is 2.54 bits per heavy atom. The first-order valence-corrected chi connectivity index (χ1v) is 16.6. The van der Waals surface area contributed by atoms with Crippen molar-refractivity contribution in [2.75, 3.05) is 0 Å². The Bertz CT molecular complexity index is 2130. The van der Waals surface area contributed by atoms with E-state index in [9.17, 15) is 14.4 Å². The van der Waals surface area contributed by atoms with Crippen molar-refractivity contribution in [3.05, 3.63) is 113 Å². The van der Waals surface area contributed by atoms with Crippen LogP contribution < -0.4 is 9.46 Å². The summed E-state index contributed by atoms with van der Waals surface area (Å²) in [6.07, 6.45) is 4.72. The first-order chi connectivity index (χ1) is 23.3. The molecule has 2 aromatic heterocycles. The molecule has 0 atom stereocenters. The van der Waals surface area contributed by atoms with Crippen LogP contribution in [-0.2, 0) is 19.6 Å². The van der Waals surface area contributed by atoms with Gasteiger partial charge in [0.1, 0.15) is 24.1 Å². The number of amides is 1. The summed E-state index contributed by atoms with van der Waals surface area (Å²) in [5, 5.41) is 18.9. The van der Waals surface area contributed by atoms with Gasteiger partial charge in [-0.2, -0.15) is 10.5 Å². The zero-order chi connectivity index (χ0) is 33.3. The molecule has 8 nitrogen and oxygen atoms in total. The number of benzene rings is 3. The van der Waals surface area contributed by atoms with Crippen molar-refractivity contribution < 1.29 is 18.3 Å². The third-order valence-electron chi connectivity index (χ3n) is 8.82. The highest BCUT2D eigenvalue weighted by Crippen LogP contribution is 2.50. The summed E-state index contributed by atoms with van der Waals surface area (Å²) in [5.74, 6) is -0.210. The molecule has 1 amide bonds. The molecule has 2 fully saturated rings. The number of pyridine rings is 1. The Labute approximate surface area is 280 Å². The van der Waals surface area contributed by atoms with Crippen molar-refractivity contribution in [2.24, 2.45) is 5.41 Å². The second-order valence-corrected chi connectivity index (χ2v) is 13.6. The largest absolute Gasteiger partial charge is 0.473 e. The maximum absolute atomic E-state index is 15.7. The molecule has 0 saturated heterocycles. The Morgan fingerprint density at radius 2 is 1.81 bits per heavy atom. The van der Waals surface area contributed by atoms with Crippen LogP contribution in [0.3, 0.4) is 0 Å². The lowest BCUT2D eigenvalue weighted by Crippen LogP contribution is -2.17. The molecule has 1 N–H and O–H groups in total.